The Morgan fingerprint density at radius 1 is 1.12 bits per heavy atom. The molecule has 102 valence electrons. The van der Waals surface area contributed by atoms with Crippen molar-refractivity contribution < 1.29 is 9.47 Å². The van der Waals surface area contributed by atoms with Crippen LogP contribution in [0.2, 0.25) is 0 Å². The van der Waals surface area contributed by atoms with Crippen LogP contribution in [0.5, 0.6) is 0 Å². The third kappa shape index (κ3) is 6.39. The van der Waals surface area contributed by atoms with Crippen molar-refractivity contribution in [2.45, 2.75) is 51.6 Å². The van der Waals surface area contributed by atoms with Crippen molar-refractivity contribution in [2.75, 3.05) is 33.4 Å². The van der Waals surface area contributed by atoms with Gasteiger partial charge in [-0.1, -0.05) is 26.2 Å². The van der Waals surface area contributed by atoms with Crippen LogP contribution in [0.25, 0.3) is 0 Å². The quantitative estimate of drug-likeness (QED) is 0.631. The molecule has 2 atom stereocenters. The van der Waals surface area contributed by atoms with Crippen molar-refractivity contribution >= 4 is 0 Å². The fourth-order valence-electron chi connectivity index (χ4n) is 2.61. The molecule has 0 aromatic heterocycles. The van der Waals surface area contributed by atoms with Crippen molar-refractivity contribution in [1.82, 2.24) is 5.32 Å². The maximum atomic E-state index is 6.00. The van der Waals surface area contributed by atoms with Gasteiger partial charge in [-0.2, -0.15) is 0 Å². The average molecular weight is 243 g/mol. The maximum absolute atomic E-state index is 6.00. The van der Waals surface area contributed by atoms with Gasteiger partial charge < -0.3 is 14.8 Å². The van der Waals surface area contributed by atoms with Crippen LogP contribution >= 0.6 is 0 Å². The van der Waals surface area contributed by atoms with Gasteiger partial charge in [-0.25, -0.2) is 0 Å². The fourth-order valence-corrected chi connectivity index (χ4v) is 2.61. The number of hydrogen-bond acceptors (Lipinski definition) is 3. The van der Waals surface area contributed by atoms with Gasteiger partial charge in [-0.05, 0) is 31.7 Å². The summed E-state index contributed by atoms with van der Waals surface area (Å²) in [7, 11) is 1.75. The predicted molar refractivity (Wildman–Crippen MR) is 71.4 cm³/mol. The Labute approximate surface area is 106 Å². The third-order valence-corrected chi connectivity index (χ3v) is 3.68. The van der Waals surface area contributed by atoms with E-state index in [-0.39, 0.29) is 0 Å². The molecule has 0 heterocycles. The Morgan fingerprint density at radius 3 is 2.71 bits per heavy atom. The summed E-state index contributed by atoms with van der Waals surface area (Å²) in [5.41, 5.74) is 0. The molecule has 1 aliphatic carbocycles. The number of nitrogens with one attached hydrogen (secondary N) is 1. The molecule has 0 spiro atoms. The molecule has 17 heavy (non-hydrogen) atoms. The lowest BCUT2D eigenvalue weighted by atomic mass is 9.85. The van der Waals surface area contributed by atoms with Crippen molar-refractivity contribution in [3.8, 4) is 0 Å². The van der Waals surface area contributed by atoms with E-state index in [1.807, 2.05) is 0 Å². The summed E-state index contributed by atoms with van der Waals surface area (Å²) in [4.78, 5) is 0. The molecular weight excluding hydrogens is 214 g/mol. The second-order valence-electron chi connectivity index (χ2n) is 4.96. The summed E-state index contributed by atoms with van der Waals surface area (Å²) in [5, 5.41) is 3.39. The molecule has 0 aromatic rings. The summed E-state index contributed by atoms with van der Waals surface area (Å²) >= 11 is 0. The lowest BCUT2D eigenvalue weighted by Crippen LogP contribution is -2.30. The Morgan fingerprint density at radius 2 is 1.94 bits per heavy atom. The zero-order valence-electron chi connectivity index (χ0n) is 11.5. The maximum Gasteiger partial charge on any atom is 0.0603 e. The van der Waals surface area contributed by atoms with E-state index < -0.39 is 0 Å². The van der Waals surface area contributed by atoms with Gasteiger partial charge in [-0.3, -0.25) is 0 Å². The standard InChI is InChI=1S/C14H29NO2/c1-3-13-7-4-5-8-14(13)17-12-10-15-9-6-11-16-2/h13-15H,3-12H2,1-2H3. The first-order valence-electron chi connectivity index (χ1n) is 7.19. The van der Waals surface area contributed by atoms with E-state index in [4.69, 9.17) is 9.47 Å². The molecule has 1 rings (SSSR count). The Balaban J connectivity index is 1.97. The van der Waals surface area contributed by atoms with Crippen LogP contribution in [0.4, 0.5) is 0 Å². The Bertz CT molecular complexity index is 176. The Hall–Kier alpha value is -0.120. The van der Waals surface area contributed by atoms with Crippen molar-refractivity contribution in [3.63, 3.8) is 0 Å². The number of rotatable bonds is 9. The van der Waals surface area contributed by atoms with E-state index in [0.29, 0.717) is 6.10 Å². The van der Waals surface area contributed by atoms with Crippen LogP contribution in [0.3, 0.4) is 0 Å². The third-order valence-electron chi connectivity index (χ3n) is 3.68. The van der Waals surface area contributed by atoms with E-state index in [0.717, 1.165) is 38.6 Å². The molecule has 1 saturated carbocycles. The van der Waals surface area contributed by atoms with Gasteiger partial charge >= 0.3 is 0 Å². The average Bonchev–Trinajstić information content (AvgIpc) is 2.38. The van der Waals surface area contributed by atoms with Crippen LogP contribution < -0.4 is 5.32 Å². The topological polar surface area (TPSA) is 30.5 Å². The normalized spacial score (nSPS) is 25.1. The number of hydrogen-bond donors (Lipinski definition) is 1. The Kier molecular flexibility index (Phi) is 8.67. The molecule has 1 aliphatic rings. The molecule has 0 saturated heterocycles. The van der Waals surface area contributed by atoms with Gasteiger partial charge in [-0.15, -0.1) is 0 Å². The molecule has 3 heteroatoms. The number of methoxy groups -OCH3 is 1. The van der Waals surface area contributed by atoms with Gasteiger partial charge in [0, 0.05) is 20.3 Å². The predicted octanol–water partition coefficient (Wildman–Crippen LogP) is 2.60. The first kappa shape index (κ1) is 14.9. The summed E-state index contributed by atoms with van der Waals surface area (Å²) in [6.07, 6.45) is 8.25. The highest BCUT2D eigenvalue weighted by molar-refractivity contribution is 4.74. The first-order chi connectivity index (χ1) is 8.38. The minimum absolute atomic E-state index is 0.523. The SMILES string of the molecule is CCC1CCCCC1OCCNCCCOC. The highest BCUT2D eigenvalue weighted by Gasteiger charge is 2.23. The molecule has 0 aliphatic heterocycles. The van der Waals surface area contributed by atoms with E-state index >= 15 is 0 Å². The lowest BCUT2D eigenvalue weighted by molar-refractivity contribution is -0.0103. The monoisotopic (exact) mass is 243 g/mol. The van der Waals surface area contributed by atoms with Gasteiger partial charge in [0.25, 0.3) is 0 Å². The van der Waals surface area contributed by atoms with E-state index in [1.54, 1.807) is 7.11 Å². The molecule has 1 fully saturated rings. The molecule has 3 nitrogen and oxygen atoms in total. The van der Waals surface area contributed by atoms with Crippen molar-refractivity contribution in [1.29, 1.82) is 0 Å². The molecule has 0 bridgehead atoms. The van der Waals surface area contributed by atoms with Crippen LogP contribution in [0.15, 0.2) is 0 Å². The molecule has 0 radical (unpaired) electrons. The highest BCUT2D eigenvalue weighted by atomic mass is 16.5. The van der Waals surface area contributed by atoms with Gasteiger partial charge in [0.1, 0.15) is 0 Å². The second-order valence-corrected chi connectivity index (χ2v) is 4.96. The second kappa shape index (κ2) is 9.86. The van der Waals surface area contributed by atoms with Crippen molar-refractivity contribution in [3.05, 3.63) is 0 Å². The van der Waals surface area contributed by atoms with Gasteiger partial charge in [0.15, 0.2) is 0 Å². The van der Waals surface area contributed by atoms with Crippen LogP contribution in [0.1, 0.15) is 45.4 Å². The summed E-state index contributed by atoms with van der Waals surface area (Å²) in [6, 6.07) is 0. The zero-order valence-corrected chi connectivity index (χ0v) is 11.5. The minimum atomic E-state index is 0.523. The molecular formula is C14H29NO2. The minimum Gasteiger partial charge on any atom is -0.385 e. The first-order valence-corrected chi connectivity index (χ1v) is 7.19. The smallest absolute Gasteiger partial charge is 0.0603 e. The summed E-state index contributed by atoms with van der Waals surface area (Å²) in [5.74, 6) is 0.803. The van der Waals surface area contributed by atoms with E-state index in [2.05, 4.69) is 12.2 Å². The summed E-state index contributed by atoms with van der Waals surface area (Å²) in [6.45, 7) is 5.98. The molecule has 2 unspecified atom stereocenters. The van der Waals surface area contributed by atoms with Gasteiger partial charge in [0.05, 0.1) is 12.7 Å². The van der Waals surface area contributed by atoms with Crippen molar-refractivity contribution in [2.24, 2.45) is 5.92 Å². The van der Waals surface area contributed by atoms with Gasteiger partial charge in [0.2, 0.25) is 0 Å². The molecule has 0 aromatic carbocycles. The van der Waals surface area contributed by atoms with Crippen LogP contribution in [-0.2, 0) is 9.47 Å². The van der Waals surface area contributed by atoms with Crippen LogP contribution in [0, 0.1) is 5.92 Å². The molecule has 1 N–H and O–H groups in total. The lowest BCUT2D eigenvalue weighted by Gasteiger charge is -2.30. The van der Waals surface area contributed by atoms with E-state index in [9.17, 15) is 0 Å². The molecule has 0 amide bonds. The zero-order chi connectivity index (χ0) is 12.3. The highest BCUT2D eigenvalue weighted by Crippen LogP contribution is 2.28. The van der Waals surface area contributed by atoms with Crippen LogP contribution in [-0.4, -0.2) is 39.5 Å². The summed E-state index contributed by atoms with van der Waals surface area (Å²) < 4.78 is 11.0. The number of ether oxygens (including phenoxy) is 2. The fraction of sp³-hybridized carbons (Fsp3) is 1.00. The van der Waals surface area contributed by atoms with E-state index in [1.165, 1.54) is 32.1 Å². The largest absolute Gasteiger partial charge is 0.385 e.